The van der Waals surface area contributed by atoms with Crippen LogP contribution in [0, 0.1) is 0 Å². The largest absolute Gasteiger partial charge is 0.493 e. The van der Waals surface area contributed by atoms with E-state index in [4.69, 9.17) is 18.9 Å². The number of halogens is 1. The van der Waals surface area contributed by atoms with Crippen LogP contribution in [-0.2, 0) is 14.3 Å². The molecule has 0 fully saturated rings. The summed E-state index contributed by atoms with van der Waals surface area (Å²) >= 11 is 3.44. The number of anilines is 1. The van der Waals surface area contributed by atoms with Crippen molar-refractivity contribution in [3.05, 3.63) is 57.7 Å². The van der Waals surface area contributed by atoms with Crippen molar-refractivity contribution in [3.63, 3.8) is 0 Å². The fourth-order valence-corrected chi connectivity index (χ4v) is 4.34. The Morgan fingerprint density at radius 1 is 1.03 bits per heavy atom. The third-order valence-electron chi connectivity index (χ3n) is 5.27. The molecule has 1 amide bonds. The van der Waals surface area contributed by atoms with Crippen LogP contribution in [0.3, 0.4) is 0 Å². The summed E-state index contributed by atoms with van der Waals surface area (Å²) < 4.78 is 22.4. The molecule has 0 bridgehead atoms. The highest BCUT2D eigenvalue weighted by atomic mass is 79.9. The molecular formula is C22H20BrNO6. The molecule has 1 unspecified atom stereocenters. The van der Waals surface area contributed by atoms with Crippen LogP contribution in [0.1, 0.15) is 17.9 Å². The van der Waals surface area contributed by atoms with E-state index in [1.54, 1.807) is 17.0 Å². The molecule has 2 aliphatic rings. The van der Waals surface area contributed by atoms with Gasteiger partial charge in [0.25, 0.3) is 0 Å². The minimum atomic E-state index is -0.473. The van der Waals surface area contributed by atoms with E-state index in [0.717, 1.165) is 10.0 Å². The van der Waals surface area contributed by atoms with Gasteiger partial charge in [0.05, 0.1) is 32.6 Å². The highest BCUT2D eigenvalue weighted by molar-refractivity contribution is 9.10. The molecule has 156 valence electrons. The Hall–Kier alpha value is -3.00. The summed E-state index contributed by atoms with van der Waals surface area (Å²) in [4.78, 5) is 27.4. The van der Waals surface area contributed by atoms with Crippen molar-refractivity contribution >= 4 is 33.5 Å². The summed E-state index contributed by atoms with van der Waals surface area (Å²) in [6, 6.07) is 10.9. The summed E-state index contributed by atoms with van der Waals surface area (Å²) in [7, 11) is 4.57. The Morgan fingerprint density at radius 3 is 2.33 bits per heavy atom. The lowest BCUT2D eigenvalue weighted by Gasteiger charge is -2.32. The van der Waals surface area contributed by atoms with Crippen molar-refractivity contribution in [2.45, 2.75) is 12.3 Å². The zero-order valence-corrected chi connectivity index (χ0v) is 18.3. The molecule has 4 rings (SSSR count). The van der Waals surface area contributed by atoms with Crippen LogP contribution in [0.15, 0.2) is 52.1 Å². The number of ether oxygens (including phenoxy) is 4. The number of rotatable bonds is 5. The van der Waals surface area contributed by atoms with Crippen LogP contribution in [0.5, 0.6) is 17.2 Å². The number of cyclic esters (lactones) is 1. The predicted octanol–water partition coefficient (Wildman–Crippen LogP) is 3.81. The maximum atomic E-state index is 13.2. The van der Waals surface area contributed by atoms with Crippen molar-refractivity contribution in [3.8, 4) is 17.2 Å². The lowest BCUT2D eigenvalue weighted by atomic mass is 9.83. The quantitative estimate of drug-likeness (QED) is 0.614. The molecule has 0 saturated heterocycles. The SMILES string of the molecule is COc1cc(C2CC(=O)N(c3cccc(Br)c3)C3=C2C(=O)OC3)cc(OC)c1OC. The van der Waals surface area contributed by atoms with Crippen molar-refractivity contribution in [2.75, 3.05) is 32.8 Å². The van der Waals surface area contributed by atoms with E-state index in [0.29, 0.717) is 34.2 Å². The molecule has 0 aliphatic carbocycles. The molecule has 0 radical (unpaired) electrons. The standard InChI is InChI=1S/C22H20BrNO6/c1-27-17-7-12(8-18(28-2)21(17)29-3)15-10-19(25)24(14-6-4-5-13(23)9-14)16-11-30-22(26)20(15)16/h4-9,15H,10-11H2,1-3H3. The lowest BCUT2D eigenvalue weighted by molar-refractivity contribution is -0.136. The highest BCUT2D eigenvalue weighted by Crippen LogP contribution is 2.46. The normalized spacial score (nSPS) is 18.3. The van der Waals surface area contributed by atoms with Crippen LogP contribution >= 0.6 is 15.9 Å². The highest BCUT2D eigenvalue weighted by Gasteiger charge is 2.43. The van der Waals surface area contributed by atoms with E-state index >= 15 is 0 Å². The molecule has 30 heavy (non-hydrogen) atoms. The number of methoxy groups -OCH3 is 3. The van der Waals surface area contributed by atoms with Gasteiger partial charge in [0.1, 0.15) is 6.61 Å². The van der Waals surface area contributed by atoms with Crippen LogP contribution in [-0.4, -0.2) is 39.8 Å². The molecule has 1 atom stereocenters. The zero-order valence-electron chi connectivity index (χ0n) is 16.7. The van der Waals surface area contributed by atoms with Crippen molar-refractivity contribution < 1.29 is 28.5 Å². The van der Waals surface area contributed by atoms with Gasteiger partial charge < -0.3 is 18.9 Å². The maximum absolute atomic E-state index is 13.2. The second-order valence-corrected chi connectivity index (χ2v) is 7.78. The summed E-state index contributed by atoms with van der Waals surface area (Å²) in [6.07, 6.45) is 0.110. The van der Waals surface area contributed by atoms with Gasteiger partial charge in [-0.25, -0.2) is 4.79 Å². The number of hydrogen-bond donors (Lipinski definition) is 0. The van der Waals surface area contributed by atoms with Gasteiger partial charge in [-0.05, 0) is 35.9 Å². The van der Waals surface area contributed by atoms with Gasteiger partial charge in [-0.1, -0.05) is 22.0 Å². The Labute approximate surface area is 182 Å². The molecule has 7 nitrogen and oxygen atoms in total. The molecule has 0 saturated carbocycles. The molecule has 2 aliphatic heterocycles. The Bertz CT molecular complexity index is 1040. The van der Waals surface area contributed by atoms with Crippen molar-refractivity contribution in [1.29, 1.82) is 0 Å². The molecule has 0 N–H and O–H groups in total. The summed E-state index contributed by atoms with van der Waals surface area (Å²) in [5, 5.41) is 0. The Kier molecular flexibility index (Phi) is 5.42. The first-order valence-electron chi connectivity index (χ1n) is 9.27. The number of carbonyl (C=O) groups is 2. The second-order valence-electron chi connectivity index (χ2n) is 6.86. The summed E-state index contributed by atoms with van der Waals surface area (Å²) in [5.74, 6) is 0.356. The maximum Gasteiger partial charge on any atom is 0.336 e. The minimum absolute atomic E-state index is 0.0490. The van der Waals surface area contributed by atoms with Gasteiger partial charge in [-0.3, -0.25) is 9.69 Å². The number of amides is 1. The summed E-state index contributed by atoms with van der Waals surface area (Å²) in [6.45, 7) is 0.0490. The van der Waals surface area contributed by atoms with E-state index in [1.807, 2.05) is 24.3 Å². The number of benzene rings is 2. The van der Waals surface area contributed by atoms with Crippen LogP contribution in [0.25, 0.3) is 0 Å². The molecule has 2 heterocycles. The third kappa shape index (κ3) is 3.31. The van der Waals surface area contributed by atoms with Gasteiger partial charge in [-0.2, -0.15) is 0 Å². The molecule has 2 aromatic carbocycles. The number of hydrogen-bond acceptors (Lipinski definition) is 6. The first-order chi connectivity index (χ1) is 14.5. The lowest BCUT2D eigenvalue weighted by Crippen LogP contribution is -2.37. The van der Waals surface area contributed by atoms with Gasteiger partial charge in [0, 0.05) is 22.5 Å². The average molecular weight is 474 g/mol. The molecule has 8 heteroatoms. The first-order valence-corrected chi connectivity index (χ1v) is 10.1. The Balaban J connectivity index is 1.85. The number of esters is 1. The Morgan fingerprint density at radius 2 is 1.73 bits per heavy atom. The van der Waals surface area contributed by atoms with Gasteiger partial charge in [0.15, 0.2) is 11.5 Å². The molecular weight excluding hydrogens is 454 g/mol. The first kappa shape index (κ1) is 20.3. The molecule has 0 aromatic heterocycles. The van der Waals surface area contributed by atoms with Gasteiger partial charge in [0.2, 0.25) is 11.7 Å². The number of carbonyl (C=O) groups excluding carboxylic acids is 2. The van der Waals surface area contributed by atoms with Crippen LogP contribution < -0.4 is 19.1 Å². The monoisotopic (exact) mass is 473 g/mol. The number of nitrogens with zero attached hydrogens (tertiary/aromatic N) is 1. The minimum Gasteiger partial charge on any atom is -0.493 e. The van der Waals surface area contributed by atoms with Crippen LogP contribution in [0.4, 0.5) is 5.69 Å². The average Bonchev–Trinajstić information content (AvgIpc) is 3.13. The predicted molar refractivity (Wildman–Crippen MR) is 113 cm³/mol. The van der Waals surface area contributed by atoms with E-state index < -0.39 is 11.9 Å². The van der Waals surface area contributed by atoms with Gasteiger partial charge >= 0.3 is 5.97 Å². The molecule has 0 spiro atoms. The van der Waals surface area contributed by atoms with E-state index in [2.05, 4.69) is 15.9 Å². The van der Waals surface area contributed by atoms with E-state index in [9.17, 15) is 9.59 Å². The van der Waals surface area contributed by atoms with Crippen molar-refractivity contribution in [1.82, 2.24) is 0 Å². The zero-order chi connectivity index (χ0) is 21.4. The summed E-state index contributed by atoms with van der Waals surface area (Å²) in [5.41, 5.74) is 2.44. The fourth-order valence-electron chi connectivity index (χ4n) is 3.96. The molecule has 2 aromatic rings. The van der Waals surface area contributed by atoms with Crippen molar-refractivity contribution in [2.24, 2.45) is 0 Å². The van der Waals surface area contributed by atoms with E-state index in [1.165, 1.54) is 21.3 Å². The third-order valence-corrected chi connectivity index (χ3v) is 5.77. The second kappa shape index (κ2) is 8.02. The smallest absolute Gasteiger partial charge is 0.336 e. The topological polar surface area (TPSA) is 74.3 Å². The van der Waals surface area contributed by atoms with Gasteiger partial charge in [-0.15, -0.1) is 0 Å². The fraction of sp³-hybridized carbons (Fsp3) is 0.273. The van der Waals surface area contributed by atoms with Crippen LogP contribution in [0.2, 0.25) is 0 Å². The van der Waals surface area contributed by atoms with E-state index in [-0.39, 0.29) is 18.9 Å².